The maximum Gasteiger partial charge on any atom is 0.225 e. The van der Waals surface area contributed by atoms with Gasteiger partial charge in [0.05, 0.1) is 13.2 Å². The maximum absolute atomic E-state index is 5.84. The number of halogens is 1. The summed E-state index contributed by atoms with van der Waals surface area (Å²) >= 11 is 5.84. The van der Waals surface area contributed by atoms with Gasteiger partial charge in [-0.25, -0.2) is 0 Å². The average Bonchev–Trinajstić information content (AvgIpc) is 2.48. The van der Waals surface area contributed by atoms with E-state index in [0.717, 1.165) is 25.4 Å². The second-order valence-corrected chi connectivity index (χ2v) is 2.93. The van der Waals surface area contributed by atoms with Gasteiger partial charge >= 0.3 is 0 Å². The highest BCUT2D eigenvalue weighted by Gasteiger charge is 2.07. The molecule has 74 valence electrons. The van der Waals surface area contributed by atoms with Gasteiger partial charge in [0.15, 0.2) is 0 Å². The minimum absolute atomic E-state index is 0.441. The van der Waals surface area contributed by atoms with Crippen LogP contribution in [-0.2, 0) is 17.7 Å². The molecule has 0 N–H and O–H groups in total. The van der Waals surface area contributed by atoms with Gasteiger partial charge in [0.2, 0.25) is 5.28 Å². The van der Waals surface area contributed by atoms with Crippen LogP contribution in [0.5, 0.6) is 0 Å². The Morgan fingerprint density at radius 3 is 2.77 bits per heavy atom. The quantitative estimate of drug-likeness (QED) is 0.682. The highest BCUT2D eigenvalue weighted by Crippen LogP contribution is 2.08. The van der Waals surface area contributed by atoms with E-state index in [-0.39, 0.29) is 0 Å². The molecule has 0 aliphatic carbocycles. The molecule has 0 amide bonds. The lowest BCUT2D eigenvalue weighted by Crippen LogP contribution is -2.09. The molecular formula is C8H14ClN3O. The summed E-state index contributed by atoms with van der Waals surface area (Å²) in [7, 11) is 0. The predicted octanol–water partition coefficient (Wildman–Crippen LogP) is 1.53. The molecule has 0 radical (unpaired) electrons. The molecule has 1 aromatic rings. The topological polar surface area (TPSA) is 39.9 Å². The Kier molecular flexibility index (Phi) is 4.18. The summed E-state index contributed by atoms with van der Waals surface area (Å²) in [5.41, 5.74) is 0. The zero-order valence-corrected chi connectivity index (χ0v) is 8.71. The monoisotopic (exact) mass is 203 g/mol. The third-order valence-electron chi connectivity index (χ3n) is 1.76. The van der Waals surface area contributed by atoms with E-state index in [1.165, 1.54) is 0 Å². The Balaban J connectivity index is 2.57. The zero-order chi connectivity index (χ0) is 9.68. The molecule has 0 fully saturated rings. The zero-order valence-electron chi connectivity index (χ0n) is 7.96. The Hall–Kier alpha value is -0.610. The lowest BCUT2D eigenvalue weighted by molar-refractivity contribution is 0.138. The first-order valence-corrected chi connectivity index (χ1v) is 4.82. The third-order valence-corrected chi connectivity index (χ3v) is 2.04. The van der Waals surface area contributed by atoms with Crippen molar-refractivity contribution in [1.82, 2.24) is 14.8 Å². The van der Waals surface area contributed by atoms with Crippen molar-refractivity contribution in [1.29, 1.82) is 0 Å². The molecule has 0 saturated heterocycles. The van der Waals surface area contributed by atoms with Crippen molar-refractivity contribution in [3.63, 3.8) is 0 Å². The second kappa shape index (κ2) is 5.19. The number of rotatable bonds is 5. The van der Waals surface area contributed by atoms with Gasteiger partial charge in [0, 0.05) is 13.0 Å². The third kappa shape index (κ3) is 2.67. The van der Waals surface area contributed by atoms with Crippen molar-refractivity contribution in [2.24, 2.45) is 0 Å². The fraction of sp³-hybridized carbons (Fsp3) is 0.750. The van der Waals surface area contributed by atoms with Crippen LogP contribution in [-0.4, -0.2) is 28.0 Å². The molecule has 0 aliphatic heterocycles. The van der Waals surface area contributed by atoms with E-state index in [2.05, 4.69) is 10.2 Å². The van der Waals surface area contributed by atoms with Crippen molar-refractivity contribution in [2.75, 3.05) is 13.2 Å². The van der Waals surface area contributed by atoms with Gasteiger partial charge in [0.25, 0.3) is 0 Å². The van der Waals surface area contributed by atoms with E-state index in [1.807, 2.05) is 18.4 Å². The molecule has 4 nitrogen and oxygen atoms in total. The van der Waals surface area contributed by atoms with Crippen LogP contribution in [0.25, 0.3) is 0 Å². The van der Waals surface area contributed by atoms with E-state index >= 15 is 0 Å². The van der Waals surface area contributed by atoms with E-state index in [9.17, 15) is 0 Å². The van der Waals surface area contributed by atoms with Crippen LogP contribution in [0.1, 0.15) is 19.7 Å². The van der Waals surface area contributed by atoms with Crippen molar-refractivity contribution in [3.05, 3.63) is 11.1 Å². The number of ether oxygens (including phenoxy) is 1. The molecule has 0 atom stereocenters. The van der Waals surface area contributed by atoms with Crippen LogP contribution < -0.4 is 0 Å². The van der Waals surface area contributed by atoms with Crippen LogP contribution in [0.2, 0.25) is 5.28 Å². The Labute approximate surface area is 82.9 Å². The summed E-state index contributed by atoms with van der Waals surface area (Å²) in [6.07, 6.45) is 0.839. The fourth-order valence-electron chi connectivity index (χ4n) is 1.10. The Bertz CT molecular complexity index is 262. The number of aryl methyl sites for hydroxylation is 1. The van der Waals surface area contributed by atoms with E-state index in [0.29, 0.717) is 11.9 Å². The summed E-state index contributed by atoms with van der Waals surface area (Å²) in [5.74, 6) is 0.907. The minimum atomic E-state index is 0.441. The summed E-state index contributed by atoms with van der Waals surface area (Å²) in [6, 6.07) is 0. The van der Waals surface area contributed by atoms with Gasteiger partial charge in [0.1, 0.15) is 5.82 Å². The van der Waals surface area contributed by atoms with Gasteiger partial charge in [-0.1, -0.05) is 6.92 Å². The van der Waals surface area contributed by atoms with E-state index in [4.69, 9.17) is 16.3 Å². The fourth-order valence-corrected chi connectivity index (χ4v) is 1.32. The largest absolute Gasteiger partial charge is 0.380 e. The van der Waals surface area contributed by atoms with Gasteiger partial charge < -0.3 is 4.74 Å². The van der Waals surface area contributed by atoms with Crippen molar-refractivity contribution in [3.8, 4) is 0 Å². The molecule has 0 bridgehead atoms. The molecule has 13 heavy (non-hydrogen) atoms. The van der Waals surface area contributed by atoms with Gasteiger partial charge in [-0.15, -0.1) is 10.2 Å². The molecule has 0 aromatic carbocycles. The van der Waals surface area contributed by atoms with Crippen LogP contribution in [0.3, 0.4) is 0 Å². The predicted molar refractivity (Wildman–Crippen MR) is 50.9 cm³/mol. The van der Waals surface area contributed by atoms with Crippen LogP contribution in [0.15, 0.2) is 0 Å². The van der Waals surface area contributed by atoms with Crippen LogP contribution >= 0.6 is 11.6 Å². The van der Waals surface area contributed by atoms with Crippen molar-refractivity contribution >= 4 is 11.6 Å². The molecule has 0 aliphatic rings. The molecule has 1 heterocycles. The van der Waals surface area contributed by atoms with E-state index in [1.54, 1.807) is 0 Å². The lowest BCUT2D eigenvalue weighted by Gasteiger charge is -2.05. The summed E-state index contributed by atoms with van der Waals surface area (Å²) in [6.45, 7) is 6.09. The lowest BCUT2D eigenvalue weighted by atomic mass is 10.4. The highest BCUT2D eigenvalue weighted by atomic mass is 35.5. The molecule has 5 heteroatoms. The number of hydrogen-bond donors (Lipinski definition) is 0. The smallest absolute Gasteiger partial charge is 0.225 e. The normalized spacial score (nSPS) is 10.7. The van der Waals surface area contributed by atoms with Gasteiger partial charge in [-0.05, 0) is 18.5 Å². The van der Waals surface area contributed by atoms with Crippen LogP contribution in [0.4, 0.5) is 0 Å². The molecule has 1 rings (SSSR count). The van der Waals surface area contributed by atoms with Gasteiger partial charge in [-0.3, -0.25) is 4.57 Å². The summed E-state index contributed by atoms with van der Waals surface area (Å²) in [5, 5.41) is 8.17. The first-order valence-electron chi connectivity index (χ1n) is 4.44. The molecule has 0 spiro atoms. The second-order valence-electron chi connectivity index (χ2n) is 2.59. The average molecular weight is 204 g/mol. The van der Waals surface area contributed by atoms with Crippen molar-refractivity contribution < 1.29 is 4.74 Å². The van der Waals surface area contributed by atoms with Gasteiger partial charge in [-0.2, -0.15) is 0 Å². The minimum Gasteiger partial charge on any atom is -0.380 e. The standard InChI is InChI=1S/C8H14ClN3O/c1-3-7-10-11-8(9)12(7)5-6-13-4-2/h3-6H2,1-2H3. The van der Waals surface area contributed by atoms with Crippen molar-refractivity contribution in [2.45, 2.75) is 26.8 Å². The SMILES string of the molecule is CCOCCn1c(Cl)nnc1CC. The van der Waals surface area contributed by atoms with E-state index < -0.39 is 0 Å². The first kappa shape index (κ1) is 10.5. The molecule has 0 unspecified atom stereocenters. The highest BCUT2D eigenvalue weighted by molar-refractivity contribution is 6.28. The Morgan fingerprint density at radius 1 is 1.38 bits per heavy atom. The maximum atomic E-state index is 5.84. The number of hydrogen-bond acceptors (Lipinski definition) is 3. The first-order chi connectivity index (χ1) is 6.29. The molecular weight excluding hydrogens is 190 g/mol. The molecule has 0 saturated carbocycles. The summed E-state index contributed by atoms with van der Waals surface area (Å²) < 4.78 is 7.10. The summed E-state index contributed by atoms with van der Waals surface area (Å²) in [4.78, 5) is 0. The number of aromatic nitrogens is 3. The Morgan fingerprint density at radius 2 is 2.15 bits per heavy atom. The van der Waals surface area contributed by atoms with Crippen LogP contribution in [0, 0.1) is 0 Å². The number of nitrogens with zero attached hydrogens (tertiary/aromatic N) is 3. The molecule has 1 aromatic heterocycles.